The van der Waals surface area contributed by atoms with Crippen molar-refractivity contribution in [3.63, 3.8) is 0 Å². The number of methoxy groups -OCH3 is 2. The van der Waals surface area contributed by atoms with Crippen LogP contribution in [0.4, 0.5) is 5.69 Å². The summed E-state index contributed by atoms with van der Waals surface area (Å²) in [5, 5.41) is 5.68. The number of ether oxygens (including phenoxy) is 2. The van der Waals surface area contributed by atoms with Gasteiger partial charge in [0, 0.05) is 6.07 Å². The number of aromatic nitrogens is 2. The highest BCUT2D eigenvalue weighted by Crippen LogP contribution is 2.36. The van der Waals surface area contributed by atoms with Crippen molar-refractivity contribution in [2.24, 2.45) is 0 Å². The van der Waals surface area contributed by atoms with Crippen LogP contribution in [0.25, 0.3) is 15.9 Å². The fourth-order valence-electron chi connectivity index (χ4n) is 3.14. The number of hydrogen-bond donors (Lipinski definition) is 1. The number of halogens is 3. The number of thiophene rings is 1. The molecule has 1 N–H and O–H groups in total. The maximum Gasteiger partial charge on any atom is 0.276 e. The topological polar surface area (TPSA) is 82.5 Å². The molecule has 0 saturated heterocycles. The number of hydrogen-bond acceptors (Lipinski definition) is 7. The maximum atomic E-state index is 13.3. The molecular weight excluding hydrogens is 541 g/mol. The van der Waals surface area contributed by atoms with Crippen LogP contribution < -0.4 is 20.3 Å². The van der Waals surface area contributed by atoms with Gasteiger partial charge in [0.1, 0.15) is 16.2 Å². The summed E-state index contributed by atoms with van der Waals surface area (Å²) < 4.78 is 12.3. The van der Waals surface area contributed by atoms with Gasteiger partial charge < -0.3 is 14.8 Å². The zero-order valence-electron chi connectivity index (χ0n) is 17.7. The van der Waals surface area contributed by atoms with Crippen LogP contribution in [0, 0.1) is 0 Å². The number of carbonyl (C=O) groups is 1. The first-order valence-corrected chi connectivity index (χ1v) is 12.6. The maximum absolute atomic E-state index is 13.3. The highest BCUT2D eigenvalue weighted by Gasteiger charge is 2.19. The summed E-state index contributed by atoms with van der Waals surface area (Å²) in [6, 6.07) is 9.86. The number of rotatable bonds is 7. The van der Waals surface area contributed by atoms with Gasteiger partial charge in [-0.25, -0.2) is 4.98 Å². The Morgan fingerprint density at radius 1 is 1.12 bits per heavy atom. The highest BCUT2D eigenvalue weighted by atomic mass is 35.5. The normalized spacial score (nSPS) is 11.0. The first-order valence-electron chi connectivity index (χ1n) is 9.62. The van der Waals surface area contributed by atoms with E-state index in [2.05, 4.69) is 10.3 Å². The zero-order chi connectivity index (χ0) is 24.4. The number of carbonyl (C=O) groups excluding carboxylic acids is 1. The Hall–Kier alpha value is -2.43. The van der Waals surface area contributed by atoms with Crippen molar-refractivity contribution in [1.29, 1.82) is 0 Å². The average molecular weight is 557 g/mol. The van der Waals surface area contributed by atoms with E-state index >= 15 is 0 Å². The molecule has 7 nitrogen and oxygen atoms in total. The smallest absolute Gasteiger partial charge is 0.276 e. The summed E-state index contributed by atoms with van der Waals surface area (Å²) in [6.45, 7) is 0. The number of thioether (sulfide) groups is 1. The largest absolute Gasteiger partial charge is 0.495 e. The van der Waals surface area contributed by atoms with Crippen LogP contribution in [-0.4, -0.2) is 35.4 Å². The number of benzene rings is 2. The van der Waals surface area contributed by atoms with Gasteiger partial charge >= 0.3 is 0 Å². The molecule has 0 spiro atoms. The Labute approximate surface area is 217 Å². The Morgan fingerprint density at radius 2 is 1.88 bits per heavy atom. The van der Waals surface area contributed by atoms with Crippen molar-refractivity contribution in [3.05, 3.63) is 67.2 Å². The lowest BCUT2D eigenvalue weighted by Gasteiger charge is -2.15. The summed E-state index contributed by atoms with van der Waals surface area (Å²) in [4.78, 5) is 30.6. The Kier molecular flexibility index (Phi) is 7.59. The van der Waals surface area contributed by atoms with Gasteiger partial charge in [0.15, 0.2) is 5.16 Å². The van der Waals surface area contributed by atoms with Gasteiger partial charge in [-0.05, 0) is 29.6 Å². The number of fused-ring (bicyclic) bond motifs is 1. The van der Waals surface area contributed by atoms with Crippen molar-refractivity contribution >= 4 is 79.7 Å². The second-order valence-corrected chi connectivity index (χ2v) is 9.82. The van der Waals surface area contributed by atoms with Gasteiger partial charge in [0.25, 0.3) is 5.56 Å². The second kappa shape index (κ2) is 10.5. The lowest BCUT2D eigenvalue weighted by molar-refractivity contribution is -0.113. The van der Waals surface area contributed by atoms with Crippen molar-refractivity contribution in [2.75, 3.05) is 25.3 Å². The standard InChI is InChI=1S/C22H16Cl3N3O4S2/c1-31-16-9-17(32-2)14(8-12(16)24)26-18(29)10-34-22-27-13-6-7-33-20(13)21(30)28(22)15-5-3-4-11(23)19(15)25/h3-9H,10H2,1-2H3,(H,26,29). The SMILES string of the molecule is COc1cc(OC)c(NC(=O)CSc2nc3ccsc3c(=O)n2-c2cccc(Cl)c2Cl)cc1Cl. The fraction of sp³-hybridized carbons (Fsp3) is 0.136. The van der Waals surface area contributed by atoms with Crippen LogP contribution >= 0.6 is 57.9 Å². The molecule has 0 aliphatic heterocycles. The molecule has 0 saturated carbocycles. The first kappa shape index (κ1) is 24.7. The third-order valence-corrected chi connectivity index (χ3v) is 7.64. The number of amides is 1. The Bertz CT molecular complexity index is 1460. The monoisotopic (exact) mass is 555 g/mol. The predicted molar refractivity (Wildman–Crippen MR) is 139 cm³/mol. The van der Waals surface area contributed by atoms with Crippen LogP contribution in [-0.2, 0) is 4.79 Å². The molecule has 12 heteroatoms. The summed E-state index contributed by atoms with van der Waals surface area (Å²) in [6.07, 6.45) is 0. The third kappa shape index (κ3) is 4.85. The quantitative estimate of drug-likeness (QED) is 0.217. The molecule has 4 aromatic rings. The molecule has 2 aromatic carbocycles. The first-order chi connectivity index (χ1) is 16.3. The summed E-state index contributed by atoms with van der Waals surface area (Å²) in [5.41, 5.74) is 1.01. The minimum Gasteiger partial charge on any atom is -0.495 e. The molecule has 0 bridgehead atoms. The molecule has 34 heavy (non-hydrogen) atoms. The van der Waals surface area contributed by atoms with E-state index in [0.29, 0.717) is 48.3 Å². The molecular formula is C22H16Cl3N3O4S2. The molecule has 2 heterocycles. The van der Waals surface area contributed by atoms with E-state index in [1.165, 1.54) is 30.1 Å². The van der Waals surface area contributed by atoms with E-state index < -0.39 is 0 Å². The number of nitrogens with one attached hydrogen (secondary N) is 1. The Balaban J connectivity index is 1.65. The molecule has 0 aliphatic carbocycles. The lowest BCUT2D eigenvalue weighted by Crippen LogP contribution is -2.22. The van der Waals surface area contributed by atoms with E-state index in [9.17, 15) is 9.59 Å². The van der Waals surface area contributed by atoms with Gasteiger partial charge in [-0.1, -0.05) is 52.6 Å². The molecule has 176 valence electrons. The predicted octanol–water partition coefficient (Wildman–Crippen LogP) is 6.16. The summed E-state index contributed by atoms with van der Waals surface area (Å²) in [7, 11) is 2.96. The van der Waals surface area contributed by atoms with Crippen LogP contribution in [0.3, 0.4) is 0 Å². The average Bonchev–Trinajstić information content (AvgIpc) is 3.29. The lowest BCUT2D eigenvalue weighted by atomic mass is 10.2. The van der Waals surface area contributed by atoms with E-state index in [4.69, 9.17) is 44.3 Å². The molecule has 0 unspecified atom stereocenters. The molecule has 0 radical (unpaired) electrons. The van der Waals surface area contributed by atoms with Gasteiger partial charge in [-0.2, -0.15) is 0 Å². The van der Waals surface area contributed by atoms with Crippen LogP contribution in [0.5, 0.6) is 11.5 Å². The van der Waals surface area contributed by atoms with Crippen LogP contribution in [0.15, 0.2) is 51.7 Å². The van der Waals surface area contributed by atoms with E-state index in [-0.39, 0.29) is 22.2 Å². The minimum atomic E-state index is -0.354. The van der Waals surface area contributed by atoms with Crippen LogP contribution in [0.2, 0.25) is 15.1 Å². The van der Waals surface area contributed by atoms with Crippen molar-refractivity contribution in [2.45, 2.75) is 5.16 Å². The molecule has 0 fully saturated rings. The molecule has 2 aromatic heterocycles. The number of anilines is 1. The van der Waals surface area contributed by atoms with Crippen molar-refractivity contribution in [1.82, 2.24) is 9.55 Å². The van der Waals surface area contributed by atoms with Gasteiger partial charge in [0.05, 0.1) is 51.9 Å². The minimum absolute atomic E-state index is 0.0485. The van der Waals surface area contributed by atoms with E-state index in [1.54, 1.807) is 41.8 Å². The van der Waals surface area contributed by atoms with E-state index in [0.717, 1.165) is 11.8 Å². The van der Waals surface area contributed by atoms with E-state index in [1.807, 2.05) is 0 Å². The summed E-state index contributed by atoms with van der Waals surface area (Å²) in [5.74, 6) is 0.405. The molecule has 0 aliphatic rings. The third-order valence-electron chi connectivity index (χ3n) is 4.70. The molecule has 1 amide bonds. The Morgan fingerprint density at radius 3 is 2.62 bits per heavy atom. The second-order valence-electron chi connectivity index (χ2n) is 6.77. The van der Waals surface area contributed by atoms with Crippen molar-refractivity contribution in [3.8, 4) is 17.2 Å². The van der Waals surface area contributed by atoms with Gasteiger partial charge in [0.2, 0.25) is 5.91 Å². The van der Waals surface area contributed by atoms with Crippen LogP contribution in [0.1, 0.15) is 0 Å². The molecule has 4 rings (SSSR count). The molecule has 0 atom stereocenters. The van der Waals surface area contributed by atoms with Gasteiger partial charge in [-0.3, -0.25) is 14.2 Å². The zero-order valence-corrected chi connectivity index (χ0v) is 21.6. The van der Waals surface area contributed by atoms with Gasteiger partial charge in [-0.15, -0.1) is 11.3 Å². The number of nitrogens with zero attached hydrogens (tertiary/aromatic N) is 2. The van der Waals surface area contributed by atoms with Crippen molar-refractivity contribution < 1.29 is 14.3 Å². The summed E-state index contributed by atoms with van der Waals surface area (Å²) >= 11 is 21.1. The fourth-order valence-corrected chi connectivity index (χ4v) is 5.33. The highest BCUT2D eigenvalue weighted by molar-refractivity contribution is 7.99.